The van der Waals surface area contributed by atoms with Crippen LogP contribution in [-0.4, -0.2) is 27.5 Å². The van der Waals surface area contributed by atoms with Gasteiger partial charge in [-0.25, -0.2) is 8.42 Å². The largest absolute Gasteiger partial charge is 0.495 e. The van der Waals surface area contributed by atoms with Gasteiger partial charge in [-0.05, 0) is 49.7 Å². The first kappa shape index (κ1) is 19.2. The number of aryl methyl sites for hydroxylation is 1. The van der Waals surface area contributed by atoms with Crippen LogP contribution in [0.15, 0.2) is 47.4 Å². The summed E-state index contributed by atoms with van der Waals surface area (Å²) < 4.78 is 32.5. The fraction of sp³-hybridized carbons (Fsp3) is 0.235. The lowest BCUT2D eigenvalue weighted by Gasteiger charge is -2.16. The highest BCUT2D eigenvalue weighted by Gasteiger charge is 2.25. The van der Waals surface area contributed by atoms with Gasteiger partial charge in [0.15, 0.2) is 0 Å². The number of carbonyl (C=O) groups is 1. The molecule has 0 radical (unpaired) electrons. The first-order valence-corrected chi connectivity index (χ1v) is 9.32. The molecule has 0 fully saturated rings. The van der Waals surface area contributed by atoms with Crippen molar-refractivity contribution in [3.8, 4) is 5.75 Å². The van der Waals surface area contributed by atoms with E-state index in [9.17, 15) is 13.2 Å². The van der Waals surface area contributed by atoms with E-state index >= 15 is 0 Å². The summed E-state index contributed by atoms with van der Waals surface area (Å²) in [5, 5.41) is 2.92. The van der Waals surface area contributed by atoms with Gasteiger partial charge in [-0.3, -0.25) is 4.79 Å². The first-order chi connectivity index (χ1) is 11.7. The Kier molecular flexibility index (Phi) is 6.05. The Morgan fingerprint density at radius 3 is 2.56 bits per heavy atom. The summed E-state index contributed by atoms with van der Waals surface area (Å²) in [4.78, 5) is 12.1. The number of anilines is 1. The molecule has 1 atom stereocenters. The topological polar surface area (TPSA) is 84.5 Å². The van der Waals surface area contributed by atoms with Crippen LogP contribution in [0.1, 0.15) is 12.5 Å². The van der Waals surface area contributed by atoms with Crippen LogP contribution in [0, 0.1) is 6.92 Å². The predicted octanol–water partition coefficient (Wildman–Crippen LogP) is 2.96. The van der Waals surface area contributed by atoms with Crippen molar-refractivity contribution in [1.82, 2.24) is 4.72 Å². The van der Waals surface area contributed by atoms with Gasteiger partial charge in [0.25, 0.3) is 0 Å². The summed E-state index contributed by atoms with van der Waals surface area (Å²) in [5.74, 6) is -0.335. The highest BCUT2D eigenvalue weighted by molar-refractivity contribution is 7.89. The summed E-state index contributed by atoms with van der Waals surface area (Å²) in [6.45, 7) is 3.35. The first-order valence-electron chi connectivity index (χ1n) is 7.46. The van der Waals surface area contributed by atoms with E-state index < -0.39 is 22.0 Å². The van der Waals surface area contributed by atoms with Gasteiger partial charge in [0.05, 0.1) is 13.2 Å². The normalized spacial score (nSPS) is 12.5. The molecule has 8 heteroatoms. The molecule has 0 saturated heterocycles. The molecule has 0 heterocycles. The fourth-order valence-electron chi connectivity index (χ4n) is 2.18. The number of benzene rings is 2. The number of hydrogen-bond acceptors (Lipinski definition) is 4. The molecule has 0 aliphatic carbocycles. The summed E-state index contributed by atoms with van der Waals surface area (Å²) in [6, 6.07) is 10.5. The van der Waals surface area contributed by atoms with Crippen molar-refractivity contribution in [2.45, 2.75) is 24.8 Å². The van der Waals surface area contributed by atoms with Crippen LogP contribution in [-0.2, 0) is 14.8 Å². The standard InChI is InChI=1S/C17H19ClN2O4S/c1-11-5-4-6-14(9-11)19-17(21)12(2)20-25(22,23)16-10-13(18)7-8-15(16)24-3/h4-10,12,20H,1-3H3,(H,19,21)/t12-/m1/s1. The van der Waals surface area contributed by atoms with Gasteiger partial charge in [0.1, 0.15) is 10.6 Å². The molecule has 0 aliphatic heterocycles. The highest BCUT2D eigenvalue weighted by Crippen LogP contribution is 2.27. The number of sulfonamides is 1. The van der Waals surface area contributed by atoms with E-state index in [4.69, 9.17) is 16.3 Å². The molecule has 2 rings (SSSR count). The second kappa shape index (κ2) is 7.86. The predicted molar refractivity (Wildman–Crippen MR) is 97.6 cm³/mol. The van der Waals surface area contributed by atoms with Crippen molar-refractivity contribution in [3.63, 3.8) is 0 Å². The van der Waals surface area contributed by atoms with E-state index in [1.807, 2.05) is 13.0 Å². The van der Waals surface area contributed by atoms with Crippen molar-refractivity contribution in [2.75, 3.05) is 12.4 Å². The lowest BCUT2D eigenvalue weighted by Crippen LogP contribution is -2.41. The van der Waals surface area contributed by atoms with E-state index in [0.29, 0.717) is 5.69 Å². The van der Waals surface area contributed by atoms with E-state index in [0.717, 1.165) is 5.56 Å². The third kappa shape index (κ3) is 4.94. The molecule has 0 aromatic heterocycles. The third-order valence-corrected chi connectivity index (χ3v) is 5.22. The summed E-state index contributed by atoms with van der Waals surface area (Å²) in [5.41, 5.74) is 1.58. The Hall–Kier alpha value is -2.09. The zero-order chi connectivity index (χ0) is 18.6. The third-order valence-electron chi connectivity index (χ3n) is 3.43. The van der Waals surface area contributed by atoms with Crippen LogP contribution in [0.4, 0.5) is 5.69 Å². The van der Waals surface area contributed by atoms with Gasteiger partial charge in [-0.1, -0.05) is 23.7 Å². The number of rotatable bonds is 6. The van der Waals surface area contributed by atoms with Crippen molar-refractivity contribution < 1.29 is 17.9 Å². The smallest absolute Gasteiger partial charge is 0.245 e. The van der Waals surface area contributed by atoms with Crippen molar-refractivity contribution in [3.05, 3.63) is 53.1 Å². The average molecular weight is 383 g/mol. The lowest BCUT2D eigenvalue weighted by molar-refractivity contribution is -0.117. The molecule has 0 aliphatic rings. The number of ether oxygens (including phenoxy) is 1. The minimum atomic E-state index is -3.99. The summed E-state index contributed by atoms with van der Waals surface area (Å²) >= 11 is 5.87. The quantitative estimate of drug-likeness (QED) is 0.804. The molecule has 1 amide bonds. The molecule has 2 N–H and O–H groups in total. The molecule has 0 unspecified atom stereocenters. The van der Waals surface area contributed by atoms with Crippen LogP contribution in [0.25, 0.3) is 0 Å². The van der Waals surface area contributed by atoms with E-state index in [-0.39, 0.29) is 15.7 Å². The van der Waals surface area contributed by atoms with Crippen LogP contribution >= 0.6 is 11.6 Å². The fourth-order valence-corrected chi connectivity index (χ4v) is 3.82. The maximum Gasteiger partial charge on any atom is 0.245 e. The Balaban J connectivity index is 2.17. The number of hydrogen-bond donors (Lipinski definition) is 2. The molecular formula is C17H19ClN2O4S. The average Bonchev–Trinajstić information content (AvgIpc) is 2.54. The van der Waals surface area contributed by atoms with Crippen LogP contribution in [0.5, 0.6) is 5.75 Å². The van der Waals surface area contributed by atoms with Crippen molar-refractivity contribution >= 4 is 33.2 Å². The molecule has 2 aromatic carbocycles. The van der Waals surface area contributed by atoms with Crippen molar-refractivity contribution in [1.29, 1.82) is 0 Å². The minimum absolute atomic E-state index is 0.127. The van der Waals surface area contributed by atoms with E-state index in [1.54, 1.807) is 18.2 Å². The summed E-state index contributed by atoms with van der Waals surface area (Å²) in [6.07, 6.45) is 0. The van der Waals surface area contributed by atoms with Crippen molar-refractivity contribution in [2.24, 2.45) is 0 Å². The molecule has 0 saturated carbocycles. The Bertz CT molecular complexity index is 884. The minimum Gasteiger partial charge on any atom is -0.495 e. The van der Waals surface area contributed by atoms with Crippen LogP contribution < -0.4 is 14.8 Å². The molecule has 6 nitrogen and oxygen atoms in total. The number of amides is 1. The second-order valence-electron chi connectivity index (χ2n) is 5.50. The molecule has 2 aromatic rings. The maximum absolute atomic E-state index is 12.6. The molecule has 0 spiro atoms. The molecule has 25 heavy (non-hydrogen) atoms. The highest BCUT2D eigenvalue weighted by atomic mass is 35.5. The SMILES string of the molecule is COc1ccc(Cl)cc1S(=O)(=O)N[C@H](C)C(=O)Nc1cccc(C)c1. The molecule has 0 bridgehead atoms. The van der Waals surface area contributed by atoms with Gasteiger partial charge in [0.2, 0.25) is 15.9 Å². The summed E-state index contributed by atoms with van der Waals surface area (Å²) in [7, 11) is -2.63. The maximum atomic E-state index is 12.6. The number of methoxy groups -OCH3 is 1. The number of nitrogens with one attached hydrogen (secondary N) is 2. The van der Waals surface area contributed by atoms with Gasteiger partial charge in [-0.15, -0.1) is 0 Å². The Morgan fingerprint density at radius 2 is 1.92 bits per heavy atom. The van der Waals surface area contributed by atoms with Gasteiger partial charge in [-0.2, -0.15) is 4.72 Å². The monoisotopic (exact) mass is 382 g/mol. The molecular weight excluding hydrogens is 364 g/mol. The number of halogens is 1. The Morgan fingerprint density at radius 1 is 1.20 bits per heavy atom. The van der Waals surface area contributed by atoms with Crippen LogP contribution in [0.3, 0.4) is 0 Å². The lowest BCUT2D eigenvalue weighted by atomic mass is 10.2. The second-order valence-corrected chi connectivity index (χ2v) is 7.62. The zero-order valence-electron chi connectivity index (χ0n) is 14.0. The van der Waals surface area contributed by atoms with Crippen LogP contribution in [0.2, 0.25) is 5.02 Å². The van der Waals surface area contributed by atoms with Gasteiger partial charge >= 0.3 is 0 Å². The van der Waals surface area contributed by atoms with Gasteiger partial charge < -0.3 is 10.1 Å². The zero-order valence-corrected chi connectivity index (χ0v) is 15.6. The Labute approximate surface area is 152 Å². The van der Waals surface area contributed by atoms with Gasteiger partial charge in [0, 0.05) is 10.7 Å². The molecule has 134 valence electrons. The van der Waals surface area contributed by atoms with E-state index in [1.165, 1.54) is 32.2 Å². The number of carbonyl (C=O) groups excluding carboxylic acids is 1. The van der Waals surface area contributed by atoms with E-state index in [2.05, 4.69) is 10.0 Å².